The predicted octanol–water partition coefficient (Wildman–Crippen LogP) is 2.81. The average molecular weight is 263 g/mol. The third-order valence-electron chi connectivity index (χ3n) is 3.53. The molecule has 0 saturated carbocycles. The smallest absolute Gasteiger partial charge is 0.0805 e. The zero-order valence-corrected chi connectivity index (χ0v) is 12.4. The van der Waals surface area contributed by atoms with E-state index in [9.17, 15) is 0 Å². The summed E-state index contributed by atoms with van der Waals surface area (Å²) in [6.45, 7) is 5.04. The first-order chi connectivity index (χ1) is 8.44. The molecule has 1 heterocycles. The van der Waals surface area contributed by atoms with Gasteiger partial charge < -0.3 is 0 Å². The summed E-state index contributed by atoms with van der Waals surface area (Å²) in [4.78, 5) is 1.90. The minimum Gasteiger partial charge on any atom is -0.294 e. The van der Waals surface area contributed by atoms with Crippen molar-refractivity contribution in [1.29, 1.82) is 0 Å². The van der Waals surface area contributed by atoms with Gasteiger partial charge in [-0.2, -0.15) is 17.7 Å². The van der Waals surface area contributed by atoms with Gasteiger partial charge in [-0.15, -0.1) is 0 Å². The third kappa shape index (κ3) is 2.54. The molecule has 0 aliphatic carbocycles. The molecule has 0 radical (unpaired) electrons. The van der Waals surface area contributed by atoms with Crippen LogP contribution in [0.2, 0.25) is 0 Å². The van der Waals surface area contributed by atoms with E-state index in [-0.39, 0.29) is 4.87 Å². The van der Waals surface area contributed by atoms with Gasteiger partial charge in [-0.25, -0.2) is 0 Å². The van der Waals surface area contributed by atoms with Crippen molar-refractivity contribution in [2.45, 2.75) is 31.7 Å². The van der Waals surface area contributed by atoms with E-state index in [4.69, 9.17) is 12.6 Å². The molecule has 1 atom stereocenters. The van der Waals surface area contributed by atoms with Gasteiger partial charge in [0.25, 0.3) is 0 Å². The second-order valence-corrected chi connectivity index (χ2v) is 6.12. The molecule has 2 aromatic rings. The lowest BCUT2D eigenvalue weighted by Gasteiger charge is -2.31. The van der Waals surface area contributed by atoms with Gasteiger partial charge in [0.15, 0.2) is 0 Å². The van der Waals surface area contributed by atoms with Crippen molar-refractivity contribution in [3.63, 3.8) is 0 Å². The fraction of sp³-hybridized carbons (Fsp3) is 0.500. The Morgan fingerprint density at radius 1 is 1.39 bits per heavy atom. The Bertz CT molecular complexity index is 543. The number of likely N-dealkylation sites (N-methyl/N-ethyl adjacent to an activating group) is 1. The Balaban J connectivity index is 2.39. The van der Waals surface area contributed by atoms with Crippen molar-refractivity contribution >= 4 is 23.5 Å². The number of benzene rings is 1. The molecule has 0 amide bonds. The maximum absolute atomic E-state index is 4.71. The molecule has 2 rings (SSSR count). The Kier molecular flexibility index (Phi) is 3.69. The Labute approximate surface area is 114 Å². The minimum absolute atomic E-state index is 0.207. The summed E-state index contributed by atoms with van der Waals surface area (Å²) in [6, 6.07) is 6.53. The fourth-order valence-corrected chi connectivity index (χ4v) is 2.02. The van der Waals surface area contributed by atoms with E-state index in [0.717, 1.165) is 13.0 Å². The molecular weight excluding hydrogens is 242 g/mol. The molecule has 0 spiro atoms. The zero-order valence-electron chi connectivity index (χ0n) is 11.5. The van der Waals surface area contributed by atoms with Gasteiger partial charge in [0.05, 0.1) is 23.1 Å². The van der Waals surface area contributed by atoms with E-state index in [2.05, 4.69) is 42.0 Å². The Morgan fingerprint density at radius 3 is 2.72 bits per heavy atom. The lowest BCUT2D eigenvalue weighted by atomic mass is 10.1. The third-order valence-corrected chi connectivity index (χ3v) is 4.07. The summed E-state index contributed by atoms with van der Waals surface area (Å²) in [5.41, 5.74) is 2.53. The lowest BCUT2D eigenvalue weighted by Crippen LogP contribution is -2.40. The van der Waals surface area contributed by atoms with Crippen LogP contribution >= 0.6 is 12.6 Å². The van der Waals surface area contributed by atoms with Gasteiger partial charge >= 0.3 is 0 Å². The van der Waals surface area contributed by atoms with Crippen LogP contribution in [0.25, 0.3) is 10.9 Å². The second-order valence-electron chi connectivity index (χ2n) is 5.16. The van der Waals surface area contributed by atoms with Crippen LogP contribution < -0.4 is 0 Å². The standard InChI is InChI=1S/C14H21N3S/c1-5-11-6-7-12-9-15-17(13(12)8-11)10-14(2,18)16(3)4/h6-9,18H,5,10H2,1-4H3. The number of nitrogens with zero attached hydrogens (tertiary/aromatic N) is 3. The first-order valence-corrected chi connectivity index (χ1v) is 6.73. The maximum Gasteiger partial charge on any atom is 0.0805 e. The highest BCUT2D eigenvalue weighted by Crippen LogP contribution is 2.23. The van der Waals surface area contributed by atoms with Crippen LogP contribution in [0, 0.1) is 0 Å². The van der Waals surface area contributed by atoms with Crippen LogP contribution in [-0.2, 0) is 13.0 Å². The number of aryl methyl sites for hydroxylation is 1. The largest absolute Gasteiger partial charge is 0.294 e. The van der Waals surface area contributed by atoms with Gasteiger partial charge in [-0.1, -0.05) is 19.1 Å². The van der Waals surface area contributed by atoms with Crippen molar-refractivity contribution < 1.29 is 0 Å². The zero-order chi connectivity index (χ0) is 13.3. The lowest BCUT2D eigenvalue weighted by molar-refractivity contribution is 0.246. The van der Waals surface area contributed by atoms with E-state index in [1.54, 1.807) is 0 Å². The number of rotatable bonds is 4. The first-order valence-electron chi connectivity index (χ1n) is 6.28. The van der Waals surface area contributed by atoms with Crippen LogP contribution in [0.5, 0.6) is 0 Å². The molecule has 3 nitrogen and oxygen atoms in total. The van der Waals surface area contributed by atoms with Crippen molar-refractivity contribution in [2.75, 3.05) is 14.1 Å². The summed E-state index contributed by atoms with van der Waals surface area (Å²) in [7, 11) is 4.08. The molecule has 4 heteroatoms. The molecule has 18 heavy (non-hydrogen) atoms. The number of hydrogen-bond acceptors (Lipinski definition) is 3. The van der Waals surface area contributed by atoms with Gasteiger partial charge in [0, 0.05) is 5.39 Å². The van der Waals surface area contributed by atoms with E-state index in [1.165, 1.54) is 16.5 Å². The van der Waals surface area contributed by atoms with Crippen LogP contribution in [-0.4, -0.2) is 33.6 Å². The van der Waals surface area contributed by atoms with Gasteiger partial charge in [0.2, 0.25) is 0 Å². The van der Waals surface area contributed by atoms with Crippen molar-refractivity contribution in [2.24, 2.45) is 0 Å². The average Bonchev–Trinajstić information content (AvgIpc) is 2.71. The normalized spacial score (nSPS) is 15.2. The highest BCUT2D eigenvalue weighted by atomic mass is 32.1. The topological polar surface area (TPSA) is 21.1 Å². The molecule has 0 fully saturated rings. The SMILES string of the molecule is CCc1ccc2cnn(CC(C)(S)N(C)C)c2c1. The summed E-state index contributed by atoms with van der Waals surface area (Å²) >= 11 is 4.71. The first kappa shape index (κ1) is 13.4. The fourth-order valence-electron chi connectivity index (χ4n) is 1.89. The number of thiol groups is 1. The Hall–Kier alpha value is -1.00. The molecule has 0 N–H and O–H groups in total. The minimum atomic E-state index is -0.207. The molecule has 1 aromatic carbocycles. The number of hydrogen-bond donors (Lipinski definition) is 1. The summed E-state index contributed by atoms with van der Waals surface area (Å²) in [5, 5.41) is 5.67. The van der Waals surface area contributed by atoms with Gasteiger partial charge in [-0.3, -0.25) is 9.58 Å². The number of aromatic nitrogens is 2. The van der Waals surface area contributed by atoms with Crippen LogP contribution in [0.3, 0.4) is 0 Å². The molecule has 0 saturated heterocycles. The quantitative estimate of drug-likeness (QED) is 0.676. The summed E-state index contributed by atoms with van der Waals surface area (Å²) in [6.07, 6.45) is 2.97. The monoisotopic (exact) mass is 263 g/mol. The molecule has 1 unspecified atom stereocenters. The predicted molar refractivity (Wildman–Crippen MR) is 80.2 cm³/mol. The van der Waals surface area contributed by atoms with E-state index >= 15 is 0 Å². The molecular formula is C14H21N3S. The maximum atomic E-state index is 4.71. The van der Waals surface area contributed by atoms with Crippen LogP contribution in [0.15, 0.2) is 24.4 Å². The van der Waals surface area contributed by atoms with Gasteiger partial charge in [0.1, 0.15) is 0 Å². The van der Waals surface area contributed by atoms with Crippen molar-refractivity contribution in [1.82, 2.24) is 14.7 Å². The molecule has 0 aliphatic rings. The van der Waals surface area contributed by atoms with Crippen molar-refractivity contribution in [3.8, 4) is 0 Å². The number of fused-ring (bicyclic) bond motifs is 1. The summed E-state index contributed by atoms with van der Waals surface area (Å²) < 4.78 is 2.04. The molecule has 98 valence electrons. The van der Waals surface area contributed by atoms with E-state index in [0.29, 0.717) is 0 Å². The summed E-state index contributed by atoms with van der Waals surface area (Å²) in [5.74, 6) is 0. The van der Waals surface area contributed by atoms with Crippen LogP contribution in [0.1, 0.15) is 19.4 Å². The highest BCUT2D eigenvalue weighted by Gasteiger charge is 2.23. The molecule has 1 aromatic heterocycles. The Morgan fingerprint density at radius 2 is 2.11 bits per heavy atom. The van der Waals surface area contributed by atoms with Crippen LogP contribution in [0.4, 0.5) is 0 Å². The van der Waals surface area contributed by atoms with E-state index in [1.807, 2.05) is 25.0 Å². The van der Waals surface area contributed by atoms with Gasteiger partial charge in [-0.05, 0) is 39.1 Å². The highest BCUT2D eigenvalue weighted by molar-refractivity contribution is 7.81. The second kappa shape index (κ2) is 4.94. The molecule has 0 bridgehead atoms. The van der Waals surface area contributed by atoms with Crippen molar-refractivity contribution in [3.05, 3.63) is 30.0 Å². The van der Waals surface area contributed by atoms with E-state index < -0.39 is 0 Å². The molecule has 0 aliphatic heterocycles.